The molecule has 2 aromatic rings. The van der Waals surface area contributed by atoms with Gasteiger partial charge in [-0.15, -0.1) is 0 Å². The highest BCUT2D eigenvalue weighted by atomic mass is 32.2. The average molecular weight is 405 g/mol. The Morgan fingerprint density at radius 1 is 1.14 bits per heavy atom. The molecule has 0 aliphatic rings. The number of hydrogen-bond donors (Lipinski definition) is 2. The van der Waals surface area contributed by atoms with Gasteiger partial charge in [-0.1, -0.05) is 6.07 Å². The van der Waals surface area contributed by atoms with E-state index in [9.17, 15) is 18.0 Å². The third-order valence-corrected chi connectivity index (χ3v) is 5.15. The molecule has 8 nitrogen and oxygen atoms in total. The molecule has 3 N–H and O–H groups in total. The molecule has 0 unspecified atom stereocenters. The van der Waals surface area contributed by atoms with Crippen LogP contribution in [0, 0.1) is 0 Å². The van der Waals surface area contributed by atoms with Crippen molar-refractivity contribution in [3.05, 3.63) is 54.1 Å². The standard InChI is InChI=1S/C19H23N3O5S/c1-27-17-6-3-5-16(13-17)22(28(2,25)26)12-4-7-18(23)21-15-10-8-14(9-11-15)19(20)24/h3,5-6,8-11,13H,4,7,12H2,1-2H3,(H2,20,24)(H,21,23). The zero-order chi connectivity index (χ0) is 20.7. The first-order chi connectivity index (χ1) is 13.2. The Hall–Kier alpha value is -3.07. The van der Waals surface area contributed by atoms with Gasteiger partial charge in [-0.25, -0.2) is 8.42 Å². The lowest BCUT2D eigenvalue weighted by atomic mass is 10.2. The first-order valence-corrected chi connectivity index (χ1v) is 10.4. The molecule has 150 valence electrons. The lowest BCUT2D eigenvalue weighted by Crippen LogP contribution is -2.31. The van der Waals surface area contributed by atoms with E-state index in [1.54, 1.807) is 36.4 Å². The number of anilines is 2. The van der Waals surface area contributed by atoms with Crippen molar-refractivity contribution in [2.75, 3.05) is 29.5 Å². The van der Waals surface area contributed by atoms with Crippen molar-refractivity contribution in [2.24, 2.45) is 5.73 Å². The van der Waals surface area contributed by atoms with E-state index in [1.807, 2.05) is 0 Å². The monoisotopic (exact) mass is 405 g/mol. The van der Waals surface area contributed by atoms with E-state index in [2.05, 4.69) is 5.32 Å². The van der Waals surface area contributed by atoms with Gasteiger partial charge in [-0.3, -0.25) is 13.9 Å². The van der Waals surface area contributed by atoms with Crippen molar-refractivity contribution < 1.29 is 22.7 Å². The zero-order valence-electron chi connectivity index (χ0n) is 15.7. The molecule has 0 saturated carbocycles. The minimum Gasteiger partial charge on any atom is -0.497 e. The van der Waals surface area contributed by atoms with Gasteiger partial charge in [-0.2, -0.15) is 0 Å². The van der Waals surface area contributed by atoms with Gasteiger partial charge in [-0.05, 0) is 42.8 Å². The molecule has 0 radical (unpaired) electrons. The van der Waals surface area contributed by atoms with Crippen LogP contribution in [0.15, 0.2) is 48.5 Å². The summed E-state index contributed by atoms with van der Waals surface area (Å²) in [4.78, 5) is 23.2. The minimum atomic E-state index is -3.51. The topological polar surface area (TPSA) is 119 Å². The van der Waals surface area contributed by atoms with Crippen LogP contribution < -0.4 is 20.1 Å². The number of nitrogens with one attached hydrogen (secondary N) is 1. The highest BCUT2D eigenvalue weighted by Crippen LogP contribution is 2.23. The van der Waals surface area contributed by atoms with Crippen LogP contribution in [0.3, 0.4) is 0 Å². The molecule has 0 fully saturated rings. The second kappa shape index (κ2) is 9.23. The summed E-state index contributed by atoms with van der Waals surface area (Å²) in [5.74, 6) is -0.259. The van der Waals surface area contributed by atoms with Gasteiger partial charge in [0.2, 0.25) is 21.8 Å². The SMILES string of the molecule is COc1cccc(N(CCCC(=O)Nc2ccc(C(N)=O)cc2)S(C)(=O)=O)c1. The summed E-state index contributed by atoms with van der Waals surface area (Å²) in [6, 6.07) is 12.9. The maximum atomic E-state index is 12.1. The zero-order valence-corrected chi connectivity index (χ0v) is 16.5. The predicted molar refractivity (Wildman–Crippen MR) is 108 cm³/mol. The van der Waals surface area contributed by atoms with E-state index >= 15 is 0 Å². The summed E-state index contributed by atoms with van der Waals surface area (Å²) in [7, 11) is -2.01. The lowest BCUT2D eigenvalue weighted by Gasteiger charge is -2.22. The van der Waals surface area contributed by atoms with Crippen molar-refractivity contribution in [3.8, 4) is 5.75 Å². The molecule has 0 atom stereocenters. The number of carbonyl (C=O) groups excluding carboxylic acids is 2. The smallest absolute Gasteiger partial charge is 0.248 e. The van der Waals surface area contributed by atoms with Crippen molar-refractivity contribution in [2.45, 2.75) is 12.8 Å². The Morgan fingerprint density at radius 3 is 2.39 bits per heavy atom. The van der Waals surface area contributed by atoms with Crippen LogP contribution in [-0.2, 0) is 14.8 Å². The van der Waals surface area contributed by atoms with E-state index in [4.69, 9.17) is 10.5 Å². The Bertz CT molecular complexity index is 942. The fourth-order valence-corrected chi connectivity index (χ4v) is 3.53. The predicted octanol–water partition coefficient (Wildman–Crippen LogP) is 1.98. The van der Waals surface area contributed by atoms with Gasteiger partial charge in [0.1, 0.15) is 5.75 Å². The summed E-state index contributed by atoms with van der Waals surface area (Å²) >= 11 is 0. The molecule has 0 aliphatic carbocycles. The highest BCUT2D eigenvalue weighted by Gasteiger charge is 2.18. The molecular formula is C19H23N3O5S. The molecule has 28 heavy (non-hydrogen) atoms. The Morgan fingerprint density at radius 2 is 1.82 bits per heavy atom. The van der Waals surface area contributed by atoms with Gasteiger partial charge in [0, 0.05) is 30.3 Å². The number of carbonyl (C=O) groups is 2. The van der Waals surface area contributed by atoms with Crippen molar-refractivity contribution >= 4 is 33.2 Å². The third kappa shape index (κ3) is 5.98. The molecule has 0 saturated heterocycles. The molecule has 0 aliphatic heterocycles. The van der Waals surface area contributed by atoms with E-state index in [0.29, 0.717) is 29.1 Å². The fourth-order valence-electron chi connectivity index (χ4n) is 2.58. The van der Waals surface area contributed by atoms with Crippen LogP contribution in [0.1, 0.15) is 23.2 Å². The summed E-state index contributed by atoms with van der Waals surface area (Å²) < 4.78 is 30.6. The number of methoxy groups -OCH3 is 1. The molecular weight excluding hydrogens is 382 g/mol. The number of ether oxygens (including phenoxy) is 1. The van der Waals surface area contributed by atoms with Crippen LogP contribution in [-0.4, -0.2) is 40.1 Å². The van der Waals surface area contributed by atoms with E-state index < -0.39 is 15.9 Å². The van der Waals surface area contributed by atoms with Crippen molar-refractivity contribution in [1.82, 2.24) is 0 Å². The Balaban J connectivity index is 1.96. The maximum absolute atomic E-state index is 12.1. The van der Waals surface area contributed by atoms with Gasteiger partial charge >= 0.3 is 0 Å². The number of rotatable bonds is 9. The number of sulfonamides is 1. The van der Waals surface area contributed by atoms with Crippen molar-refractivity contribution in [1.29, 1.82) is 0 Å². The molecule has 0 heterocycles. The molecule has 2 rings (SSSR count). The van der Waals surface area contributed by atoms with Gasteiger partial charge in [0.25, 0.3) is 0 Å². The first-order valence-electron chi connectivity index (χ1n) is 8.52. The van der Waals surface area contributed by atoms with Crippen LogP contribution in [0.4, 0.5) is 11.4 Å². The third-order valence-electron chi connectivity index (χ3n) is 3.96. The quantitative estimate of drug-likeness (QED) is 0.661. The molecule has 0 spiro atoms. The van der Waals surface area contributed by atoms with Crippen LogP contribution in [0.25, 0.3) is 0 Å². The molecule has 2 aromatic carbocycles. The fraction of sp³-hybridized carbons (Fsp3) is 0.263. The number of hydrogen-bond acceptors (Lipinski definition) is 5. The minimum absolute atomic E-state index is 0.132. The van der Waals surface area contributed by atoms with Gasteiger partial charge < -0.3 is 15.8 Å². The summed E-state index contributed by atoms with van der Waals surface area (Å²) in [6.45, 7) is 0.153. The van der Waals surface area contributed by atoms with Crippen LogP contribution in [0.2, 0.25) is 0 Å². The number of primary amides is 1. The average Bonchev–Trinajstić information content (AvgIpc) is 2.64. The Kier molecular flexibility index (Phi) is 7.00. The number of amides is 2. The molecule has 0 aromatic heterocycles. The van der Waals surface area contributed by atoms with Crippen LogP contribution in [0.5, 0.6) is 5.75 Å². The summed E-state index contributed by atoms with van der Waals surface area (Å²) in [6.07, 6.45) is 1.58. The highest BCUT2D eigenvalue weighted by molar-refractivity contribution is 7.92. The molecule has 0 bridgehead atoms. The Labute approximate surface area is 164 Å². The van der Waals surface area contributed by atoms with E-state index in [1.165, 1.54) is 23.5 Å². The summed E-state index contributed by atoms with van der Waals surface area (Å²) in [5.41, 5.74) is 6.53. The second-order valence-electron chi connectivity index (χ2n) is 6.13. The number of nitrogens with two attached hydrogens (primary N) is 1. The first kappa shape index (κ1) is 21.2. The van der Waals surface area contributed by atoms with E-state index in [0.717, 1.165) is 6.26 Å². The normalized spacial score (nSPS) is 10.9. The second-order valence-corrected chi connectivity index (χ2v) is 8.04. The summed E-state index contributed by atoms with van der Waals surface area (Å²) in [5, 5.41) is 2.70. The number of benzene rings is 2. The van der Waals surface area contributed by atoms with E-state index in [-0.39, 0.29) is 18.9 Å². The van der Waals surface area contributed by atoms with Gasteiger partial charge in [0.05, 0.1) is 19.1 Å². The van der Waals surface area contributed by atoms with Crippen molar-refractivity contribution in [3.63, 3.8) is 0 Å². The van der Waals surface area contributed by atoms with Gasteiger partial charge in [0.15, 0.2) is 0 Å². The van der Waals surface area contributed by atoms with Crippen LogP contribution >= 0.6 is 0 Å². The maximum Gasteiger partial charge on any atom is 0.248 e. The number of nitrogens with zero attached hydrogens (tertiary/aromatic N) is 1. The lowest BCUT2D eigenvalue weighted by molar-refractivity contribution is -0.116. The molecule has 9 heteroatoms. The molecule has 2 amide bonds. The largest absolute Gasteiger partial charge is 0.497 e.